The van der Waals surface area contributed by atoms with E-state index < -0.39 is 0 Å². The molecular weight excluding hydrogens is 318 g/mol. The van der Waals surface area contributed by atoms with E-state index in [1.165, 1.54) is 0 Å². The Labute approximate surface area is 145 Å². The lowest BCUT2D eigenvalue weighted by atomic mass is 10.3. The monoisotopic (exact) mass is 339 g/mol. The molecule has 0 spiro atoms. The molecule has 7 heteroatoms. The van der Waals surface area contributed by atoms with Crippen molar-refractivity contribution in [3.05, 3.63) is 63.2 Å². The van der Waals surface area contributed by atoms with Crippen molar-refractivity contribution in [2.45, 2.75) is 34.2 Å². The third-order valence-electron chi connectivity index (χ3n) is 4.14. The van der Waals surface area contributed by atoms with Crippen LogP contribution in [-0.2, 0) is 6.54 Å². The standard InChI is InChI=1S/C18H21N5O2/c1-11-5-7-23-15(9-11)21-14(4)16(23)17(24)19-6-8-22-13(3)10-12(2)20-18(22)25/h5,7,9-10H,6,8H2,1-4H3,(H,19,24). The summed E-state index contributed by atoms with van der Waals surface area (Å²) in [7, 11) is 0. The van der Waals surface area contributed by atoms with Crippen molar-refractivity contribution in [1.82, 2.24) is 24.3 Å². The average molecular weight is 339 g/mol. The number of fused-ring (bicyclic) bond motifs is 1. The molecule has 0 unspecified atom stereocenters. The molecule has 0 atom stereocenters. The van der Waals surface area contributed by atoms with E-state index in [4.69, 9.17) is 0 Å². The zero-order valence-corrected chi connectivity index (χ0v) is 14.8. The predicted octanol–water partition coefficient (Wildman–Crippen LogP) is 1.55. The number of aryl methyl sites for hydroxylation is 4. The molecule has 0 aromatic carbocycles. The zero-order valence-electron chi connectivity index (χ0n) is 14.8. The van der Waals surface area contributed by atoms with Crippen LogP contribution in [0.3, 0.4) is 0 Å². The summed E-state index contributed by atoms with van der Waals surface area (Å²) in [5, 5.41) is 2.86. The fourth-order valence-corrected chi connectivity index (χ4v) is 2.95. The Morgan fingerprint density at radius 3 is 2.64 bits per heavy atom. The van der Waals surface area contributed by atoms with Gasteiger partial charge in [0.25, 0.3) is 5.91 Å². The summed E-state index contributed by atoms with van der Waals surface area (Å²) in [6.07, 6.45) is 1.85. The van der Waals surface area contributed by atoms with Gasteiger partial charge in [-0.05, 0) is 51.5 Å². The minimum absolute atomic E-state index is 0.209. The molecule has 1 N–H and O–H groups in total. The lowest BCUT2D eigenvalue weighted by Crippen LogP contribution is -2.33. The number of aromatic nitrogens is 4. The third-order valence-corrected chi connectivity index (χ3v) is 4.14. The van der Waals surface area contributed by atoms with Crippen LogP contribution in [0.2, 0.25) is 0 Å². The second-order valence-electron chi connectivity index (χ2n) is 6.21. The van der Waals surface area contributed by atoms with Crippen molar-refractivity contribution in [3.63, 3.8) is 0 Å². The number of nitrogens with one attached hydrogen (secondary N) is 1. The molecule has 0 saturated heterocycles. The highest BCUT2D eigenvalue weighted by Crippen LogP contribution is 2.13. The van der Waals surface area contributed by atoms with Crippen LogP contribution in [-0.4, -0.2) is 31.4 Å². The first-order chi connectivity index (χ1) is 11.9. The molecule has 25 heavy (non-hydrogen) atoms. The maximum Gasteiger partial charge on any atom is 0.348 e. The van der Waals surface area contributed by atoms with Crippen LogP contribution in [0.25, 0.3) is 5.65 Å². The minimum atomic E-state index is -0.298. The Morgan fingerprint density at radius 2 is 1.92 bits per heavy atom. The summed E-state index contributed by atoms with van der Waals surface area (Å²) >= 11 is 0. The van der Waals surface area contributed by atoms with Crippen LogP contribution in [0.4, 0.5) is 0 Å². The highest BCUT2D eigenvalue weighted by Gasteiger charge is 2.16. The second-order valence-corrected chi connectivity index (χ2v) is 6.21. The lowest BCUT2D eigenvalue weighted by molar-refractivity contribution is 0.0945. The van der Waals surface area contributed by atoms with E-state index in [2.05, 4.69) is 15.3 Å². The molecule has 130 valence electrons. The van der Waals surface area contributed by atoms with Crippen molar-refractivity contribution < 1.29 is 4.79 Å². The number of hydrogen-bond donors (Lipinski definition) is 1. The number of carbonyl (C=O) groups excluding carboxylic acids is 1. The Bertz CT molecular complexity index is 1020. The van der Waals surface area contributed by atoms with E-state index in [9.17, 15) is 9.59 Å². The number of hydrogen-bond acceptors (Lipinski definition) is 4. The second kappa shape index (κ2) is 6.51. The van der Waals surface area contributed by atoms with Crippen LogP contribution in [0.5, 0.6) is 0 Å². The summed E-state index contributed by atoms with van der Waals surface area (Å²) in [6.45, 7) is 8.15. The van der Waals surface area contributed by atoms with Gasteiger partial charge in [-0.15, -0.1) is 0 Å². The van der Waals surface area contributed by atoms with Gasteiger partial charge >= 0.3 is 5.69 Å². The normalized spacial score (nSPS) is 11.0. The summed E-state index contributed by atoms with van der Waals surface area (Å²) in [5.74, 6) is -0.209. The molecule has 0 fully saturated rings. The Morgan fingerprint density at radius 1 is 1.16 bits per heavy atom. The first-order valence-electron chi connectivity index (χ1n) is 8.15. The molecule has 0 radical (unpaired) electrons. The average Bonchev–Trinajstić information content (AvgIpc) is 2.84. The van der Waals surface area contributed by atoms with E-state index in [1.54, 1.807) is 15.9 Å². The third kappa shape index (κ3) is 3.31. The van der Waals surface area contributed by atoms with Gasteiger partial charge in [0.15, 0.2) is 0 Å². The molecule has 0 aliphatic rings. The first kappa shape index (κ1) is 16.9. The number of amides is 1. The number of rotatable bonds is 4. The number of pyridine rings is 1. The smallest absolute Gasteiger partial charge is 0.348 e. The molecule has 3 heterocycles. The Hall–Kier alpha value is -2.96. The summed E-state index contributed by atoms with van der Waals surface area (Å²) < 4.78 is 3.33. The van der Waals surface area contributed by atoms with Crippen molar-refractivity contribution in [2.24, 2.45) is 0 Å². The highest BCUT2D eigenvalue weighted by molar-refractivity contribution is 5.94. The van der Waals surface area contributed by atoms with Gasteiger partial charge in [-0.2, -0.15) is 4.98 Å². The summed E-state index contributed by atoms with van der Waals surface area (Å²) in [6, 6.07) is 5.72. The molecule has 3 aromatic heterocycles. The minimum Gasteiger partial charge on any atom is -0.349 e. The van der Waals surface area contributed by atoms with E-state index in [0.717, 1.165) is 16.9 Å². The van der Waals surface area contributed by atoms with Crippen molar-refractivity contribution in [3.8, 4) is 0 Å². The molecule has 0 aliphatic carbocycles. The zero-order chi connectivity index (χ0) is 18.1. The van der Waals surface area contributed by atoms with Crippen molar-refractivity contribution in [1.29, 1.82) is 0 Å². The van der Waals surface area contributed by atoms with Gasteiger partial charge in [0, 0.05) is 30.7 Å². The lowest BCUT2D eigenvalue weighted by Gasteiger charge is -2.11. The molecule has 0 saturated carbocycles. The largest absolute Gasteiger partial charge is 0.349 e. The van der Waals surface area contributed by atoms with Gasteiger partial charge in [0.05, 0.1) is 5.69 Å². The summed E-state index contributed by atoms with van der Waals surface area (Å²) in [5.41, 5.74) is 4.25. The van der Waals surface area contributed by atoms with Crippen LogP contribution in [0.15, 0.2) is 29.2 Å². The fraction of sp³-hybridized carbons (Fsp3) is 0.333. The molecule has 3 rings (SSSR count). The van der Waals surface area contributed by atoms with Crippen LogP contribution >= 0.6 is 0 Å². The topological polar surface area (TPSA) is 81.3 Å². The quantitative estimate of drug-likeness (QED) is 0.782. The van der Waals surface area contributed by atoms with Gasteiger partial charge in [-0.3, -0.25) is 13.8 Å². The van der Waals surface area contributed by atoms with E-state index in [-0.39, 0.29) is 11.6 Å². The van der Waals surface area contributed by atoms with Crippen molar-refractivity contribution >= 4 is 11.6 Å². The SMILES string of the molecule is Cc1ccn2c(C(=O)NCCn3c(C)cc(C)nc3=O)c(C)nc2c1. The molecule has 3 aromatic rings. The van der Waals surface area contributed by atoms with E-state index >= 15 is 0 Å². The van der Waals surface area contributed by atoms with Crippen LogP contribution in [0.1, 0.15) is 33.1 Å². The Kier molecular flexibility index (Phi) is 4.39. The molecule has 1 amide bonds. The molecular formula is C18H21N5O2. The number of nitrogens with zero attached hydrogens (tertiary/aromatic N) is 4. The fourth-order valence-electron chi connectivity index (χ4n) is 2.95. The first-order valence-corrected chi connectivity index (χ1v) is 8.15. The van der Waals surface area contributed by atoms with Gasteiger partial charge in [0.2, 0.25) is 0 Å². The van der Waals surface area contributed by atoms with Gasteiger partial charge in [-0.25, -0.2) is 9.78 Å². The Balaban J connectivity index is 1.76. The van der Waals surface area contributed by atoms with E-state index in [1.807, 2.05) is 45.2 Å². The van der Waals surface area contributed by atoms with E-state index in [0.29, 0.717) is 30.2 Å². The molecule has 7 nitrogen and oxygen atoms in total. The molecule has 0 aliphatic heterocycles. The van der Waals surface area contributed by atoms with Gasteiger partial charge in [-0.1, -0.05) is 0 Å². The predicted molar refractivity (Wildman–Crippen MR) is 95.0 cm³/mol. The van der Waals surface area contributed by atoms with Crippen LogP contribution < -0.4 is 11.0 Å². The van der Waals surface area contributed by atoms with Gasteiger partial charge in [0.1, 0.15) is 11.3 Å². The summed E-state index contributed by atoms with van der Waals surface area (Å²) in [4.78, 5) is 32.9. The highest BCUT2D eigenvalue weighted by atomic mass is 16.2. The maximum absolute atomic E-state index is 12.6. The number of carbonyl (C=O) groups is 1. The van der Waals surface area contributed by atoms with Crippen molar-refractivity contribution in [2.75, 3.05) is 6.54 Å². The van der Waals surface area contributed by atoms with Gasteiger partial charge < -0.3 is 5.32 Å². The molecule has 0 bridgehead atoms. The van der Waals surface area contributed by atoms with Crippen LogP contribution in [0, 0.1) is 27.7 Å². The number of imidazole rings is 1. The maximum atomic E-state index is 12.6.